The normalized spacial score (nSPS) is 11.5. The second kappa shape index (κ2) is 14.7. The van der Waals surface area contributed by atoms with E-state index >= 15 is 0 Å². The summed E-state index contributed by atoms with van der Waals surface area (Å²) in [7, 11) is 0. The Balaban J connectivity index is 1.14. The maximum absolute atomic E-state index is 5.29. The highest BCUT2D eigenvalue weighted by Gasteiger charge is 2.24. The van der Waals surface area contributed by atoms with Crippen molar-refractivity contribution in [3.8, 4) is 67.8 Å². The number of nitrogens with zero attached hydrogens (tertiary/aromatic N) is 5. The third-order valence-electron chi connectivity index (χ3n) is 12.0. The SMILES string of the molecule is c1ccc(-c2nc(-c3ccccc3)nc(-n3c4ccccc4c4ccc5c6ccccc6n(-c6cccc(-c7ccccc7-c7ccccc7-c7ccccc7)c6)c5c43)n2)cc1. The van der Waals surface area contributed by atoms with Crippen molar-refractivity contribution in [2.24, 2.45) is 0 Å². The fourth-order valence-electron chi connectivity index (χ4n) is 9.24. The van der Waals surface area contributed by atoms with Crippen molar-refractivity contribution in [3.63, 3.8) is 0 Å². The standard InChI is InChI=1S/C57H37N5/c1-4-19-38(20-5-1)43-27-10-12-29-45(43)46-30-13-11-28-44(46)41-25-18-26-42(37-41)61-51-33-16-14-31-47(51)49-35-36-50-48-32-15-17-34-52(48)62(54(50)53(49)61)57-59-55(39-21-6-2-7-22-39)58-56(60-57)40-23-8-3-9-24-40/h1-37H. The lowest BCUT2D eigenvalue weighted by Crippen LogP contribution is -2.07. The summed E-state index contributed by atoms with van der Waals surface area (Å²) in [5, 5.41) is 4.58. The number of hydrogen-bond acceptors (Lipinski definition) is 3. The number of rotatable bonds is 7. The molecule has 0 aliphatic heterocycles. The molecule has 0 saturated heterocycles. The number of para-hydroxylation sites is 2. The van der Waals surface area contributed by atoms with Gasteiger partial charge in [0, 0.05) is 38.4 Å². The molecule has 0 aliphatic rings. The summed E-state index contributed by atoms with van der Waals surface area (Å²) in [5.41, 5.74) is 14.3. The summed E-state index contributed by atoms with van der Waals surface area (Å²) in [6.45, 7) is 0. The highest BCUT2D eigenvalue weighted by atomic mass is 15.2. The van der Waals surface area contributed by atoms with E-state index in [-0.39, 0.29) is 0 Å². The van der Waals surface area contributed by atoms with Crippen molar-refractivity contribution in [2.45, 2.75) is 0 Å². The molecule has 0 spiro atoms. The minimum Gasteiger partial charge on any atom is -0.307 e. The van der Waals surface area contributed by atoms with Gasteiger partial charge in [0.15, 0.2) is 11.6 Å². The molecule has 0 aliphatic carbocycles. The highest BCUT2D eigenvalue weighted by Crippen LogP contribution is 2.43. The molecule has 0 N–H and O–H groups in total. The van der Waals surface area contributed by atoms with Gasteiger partial charge in [0.2, 0.25) is 5.95 Å². The summed E-state index contributed by atoms with van der Waals surface area (Å²) in [5.74, 6) is 1.80. The van der Waals surface area contributed by atoms with Crippen LogP contribution >= 0.6 is 0 Å². The number of benzene rings is 9. The maximum Gasteiger partial charge on any atom is 0.238 e. The van der Waals surface area contributed by atoms with Gasteiger partial charge in [-0.1, -0.05) is 200 Å². The zero-order valence-corrected chi connectivity index (χ0v) is 33.6. The van der Waals surface area contributed by atoms with Crippen LogP contribution in [0.2, 0.25) is 0 Å². The molecule has 9 aromatic carbocycles. The summed E-state index contributed by atoms with van der Waals surface area (Å²) >= 11 is 0. The molecule has 62 heavy (non-hydrogen) atoms. The topological polar surface area (TPSA) is 48.5 Å². The van der Waals surface area contributed by atoms with Crippen LogP contribution in [0.15, 0.2) is 224 Å². The summed E-state index contributed by atoms with van der Waals surface area (Å²) in [6, 6.07) is 79.4. The van der Waals surface area contributed by atoms with Gasteiger partial charge in [-0.25, -0.2) is 4.98 Å². The van der Waals surface area contributed by atoms with Gasteiger partial charge in [0.05, 0.1) is 22.1 Å². The first-order valence-electron chi connectivity index (χ1n) is 21.0. The molecule has 0 atom stereocenters. The number of fused-ring (bicyclic) bond motifs is 7. The van der Waals surface area contributed by atoms with Crippen LogP contribution in [-0.2, 0) is 0 Å². The van der Waals surface area contributed by atoms with Gasteiger partial charge in [-0.2, -0.15) is 9.97 Å². The van der Waals surface area contributed by atoms with Gasteiger partial charge in [-0.15, -0.1) is 0 Å². The molecule has 0 radical (unpaired) electrons. The van der Waals surface area contributed by atoms with Crippen molar-refractivity contribution < 1.29 is 0 Å². The zero-order valence-electron chi connectivity index (χ0n) is 33.6. The summed E-state index contributed by atoms with van der Waals surface area (Å²) in [6.07, 6.45) is 0. The van der Waals surface area contributed by atoms with E-state index in [1.807, 2.05) is 36.4 Å². The molecule has 290 valence electrons. The molecule has 12 aromatic rings. The van der Waals surface area contributed by atoms with Gasteiger partial charge in [0.1, 0.15) is 0 Å². The van der Waals surface area contributed by atoms with Crippen molar-refractivity contribution in [3.05, 3.63) is 224 Å². The molecule has 3 heterocycles. The van der Waals surface area contributed by atoms with Crippen LogP contribution in [0.4, 0.5) is 0 Å². The first-order chi connectivity index (χ1) is 30.8. The lowest BCUT2D eigenvalue weighted by atomic mass is 9.89. The van der Waals surface area contributed by atoms with Crippen molar-refractivity contribution in [1.29, 1.82) is 0 Å². The van der Waals surface area contributed by atoms with E-state index in [2.05, 4.69) is 197 Å². The Labute approximate surface area is 358 Å². The van der Waals surface area contributed by atoms with E-state index in [0.29, 0.717) is 17.6 Å². The lowest BCUT2D eigenvalue weighted by molar-refractivity contribution is 0.953. The van der Waals surface area contributed by atoms with Crippen molar-refractivity contribution >= 4 is 43.6 Å². The molecule has 5 heteroatoms. The van der Waals surface area contributed by atoms with Gasteiger partial charge < -0.3 is 4.57 Å². The second-order valence-corrected chi connectivity index (χ2v) is 15.6. The van der Waals surface area contributed by atoms with Crippen LogP contribution in [0, 0.1) is 0 Å². The molecule has 0 unspecified atom stereocenters. The number of aromatic nitrogens is 5. The van der Waals surface area contributed by atoms with Crippen LogP contribution in [-0.4, -0.2) is 24.1 Å². The third kappa shape index (κ3) is 5.82. The zero-order chi connectivity index (χ0) is 41.0. The number of hydrogen-bond donors (Lipinski definition) is 0. The molecule has 0 fully saturated rings. The largest absolute Gasteiger partial charge is 0.307 e. The summed E-state index contributed by atoms with van der Waals surface area (Å²) < 4.78 is 4.69. The fraction of sp³-hybridized carbons (Fsp3) is 0. The molecular formula is C57H37N5. The molecule has 0 saturated carbocycles. The quantitative estimate of drug-likeness (QED) is 0.162. The molecule has 0 amide bonds. The summed E-state index contributed by atoms with van der Waals surface area (Å²) in [4.78, 5) is 15.6. The predicted molar refractivity (Wildman–Crippen MR) is 256 cm³/mol. The Kier molecular flexibility index (Phi) is 8.42. The molecule has 3 aromatic heterocycles. The Hall–Kier alpha value is -8.41. The smallest absolute Gasteiger partial charge is 0.238 e. The maximum atomic E-state index is 5.29. The molecule has 12 rings (SSSR count). The average Bonchev–Trinajstić information content (AvgIpc) is 3.88. The van der Waals surface area contributed by atoms with E-state index in [1.54, 1.807) is 0 Å². The van der Waals surface area contributed by atoms with Crippen LogP contribution in [0.25, 0.3) is 111 Å². The average molecular weight is 792 g/mol. The Morgan fingerprint density at radius 2 is 0.694 bits per heavy atom. The first-order valence-corrected chi connectivity index (χ1v) is 21.0. The van der Waals surface area contributed by atoms with Crippen LogP contribution in [0.3, 0.4) is 0 Å². The minimum atomic E-state index is 0.563. The lowest BCUT2D eigenvalue weighted by Gasteiger charge is -2.16. The van der Waals surface area contributed by atoms with Gasteiger partial charge >= 0.3 is 0 Å². The van der Waals surface area contributed by atoms with Crippen molar-refractivity contribution in [1.82, 2.24) is 24.1 Å². The van der Waals surface area contributed by atoms with Crippen LogP contribution in [0.1, 0.15) is 0 Å². The monoisotopic (exact) mass is 791 g/mol. The van der Waals surface area contributed by atoms with Gasteiger partial charge in [-0.05, 0) is 57.6 Å². The molecule has 5 nitrogen and oxygen atoms in total. The van der Waals surface area contributed by atoms with E-state index in [0.717, 1.165) is 60.6 Å². The molecule has 0 bridgehead atoms. The van der Waals surface area contributed by atoms with E-state index in [9.17, 15) is 0 Å². The van der Waals surface area contributed by atoms with Gasteiger partial charge in [-0.3, -0.25) is 4.57 Å². The fourth-order valence-corrected chi connectivity index (χ4v) is 9.24. The minimum absolute atomic E-state index is 0.563. The van der Waals surface area contributed by atoms with Crippen molar-refractivity contribution in [2.75, 3.05) is 0 Å². The third-order valence-corrected chi connectivity index (χ3v) is 12.0. The Bertz CT molecular complexity index is 3570. The molecular weight excluding hydrogens is 755 g/mol. The Morgan fingerprint density at radius 1 is 0.274 bits per heavy atom. The van der Waals surface area contributed by atoms with E-state index in [4.69, 9.17) is 15.0 Å². The van der Waals surface area contributed by atoms with E-state index in [1.165, 1.54) is 33.2 Å². The highest BCUT2D eigenvalue weighted by molar-refractivity contribution is 6.23. The second-order valence-electron chi connectivity index (χ2n) is 15.6. The Morgan fingerprint density at radius 3 is 1.26 bits per heavy atom. The van der Waals surface area contributed by atoms with Gasteiger partial charge in [0.25, 0.3) is 0 Å². The van der Waals surface area contributed by atoms with E-state index < -0.39 is 0 Å². The first kappa shape index (κ1) is 35.5. The van der Waals surface area contributed by atoms with Crippen LogP contribution < -0.4 is 0 Å². The predicted octanol–water partition coefficient (Wildman–Crippen LogP) is 14.4. The van der Waals surface area contributed by atoms with Crippen LogP contribution in [0.5, 0.6) is 0 Å².